The van der Waals surface area contributed by atoms with Crippen LogP contribution in [-0.4, -0.2) is 37.0 Å². The van der Waals surface area contributed by atoms with E-state index in [2.05, 4.69) is 22.9 Å². The molecule has 0 bridgehead atoms. The van der Waals surface area contributed by atoms with Crippen molar-refractivity contribution in [2.45, 2.75) is 39.5 Å². The van der Waals surface area contributed by atoms with Gasteiger partial charge in [0, 0.05) is 25.0 Å². The predicted molar refractivity (Wildman–Crippen MR) is 79.6 cm³/mol. The largest absolute Gasteiger partial charge is 0.356 e. The summed E-state index contributed by atoms with van der Waals surface area (Å²) in [6.45, 7) is 6.05. The molecule has 0 aromatic heterocycles. The van der Waals surface area contributed by atoms with E-state index in [0.717, 1.165) is 57.0 Å². The van der Waals surface area contributed by atoms with Crippen LogP contribution in [0, 0.1) is 0 Å². The van der Waals surface area contributed by atoms with Crippen LogP contribution in [0.25, 0.3) is 0 Å². The molecule has 7 heteroatoms. The summed E-state index contributed by atoms with van der Waals surface area (Å²) in [7, 11) is -3.19. The van der Waals surface area contributed by atoms with Crippen molar-refractivity contribution >= 4 is 38.5 Å². The maximum atomic E-state index is 11.0. The summed E-state index contributed by atoms with van der Waals surface area (Å²) in [5, 5.41) is 0. The molecule has 0 radical (unpaired) electrons. The summed E-state index contributed by atoms with van der Waals surface area (Å²) in [4.78, 5) is 2.07. The minimum atomic E-state index is -3.19. The van der Waals surface area contributed by atoms with Gasteiger partial charge in [0.2, 0.25) is 10.0 Å². The van der Waals surface area contributed by atoms with E-state index >= 15 is 0 Å². The molecule has 0 unspecified atom stereocenters. The van der Waals surface area contributed by atoms with E-state index in [4.69, 9.17) is 12.2 Å². The molecule has 0 saturated carbocycles. The number of unbranched alkanes of at least 4 members (excludes halogenated alkanes) is 2. The van der Waals surface area contributed by atoms with Gasteiger partial charge in [-0.2, -0.15) is 4.13 Å². The number of nitrogens with one attached hydrogen (secondary N) is 1. The van der Waals surface area contributed by atoms with Crippen molar-refractivity contribution in [3.05, 3.63) is 0 Å². The lowest BCUT2D eigenvalue weighted by Gasteiger charge is -2.24. The second kappa shape index (κ2) is 9.13. The average molecular weight is 298 g/mol. The molecule has 0 aliphatic rings. The van der Waals surface area contributed by atoms with Gasteiger partial charge in [-0.15, -0.1) is 0 Å². The Kier molecular flexibility index (Phi) is 9.21. The average Bonchev–Trinajstić information content (AvgIpc) is 2.25. The first-order valence-electron chi connectivity index (χ1n) is 5.83. The quantitative estimate of drug-likeness (QED) is 0.551. The molecule has 4 nitrogen and oxygen atoms in total. The number of nitrogens with zero attached hydrogens (tertiary/aromatic N) is 1. The predicted octanol–water partition coefficient (Wildman–Crippen LogP) is 2.37. The van der Waals surface area contributed by atoms with Gasteiger partial charge in [-0.1, -0.05) is 38.9 Å². The van der Waals surface area contributed by atoms with E-state index in [1.54, 1.807) is 0 Å². The SMILES string of the molecule is CCCCN(CCCC)C(=S)SNS(C)(=O)=O. The fourth-order valence-corrected chi connectivity index (χ4v) is 2.86. The Morgan fingerprint density at radius 1 is 1.24 bits per heavy atom. The van der Waals surface area contributed by atoms with Gasteiger partial charge in [0.15, 0.2) is 4.32 Å². The Labute approximate surface area is 115 Å². The lowest BCUT2D eigenvalue weighted by Crippen LogP contribution is -2.32. The second-order valence-electron chi connectivity index (χ2n) is 3.92. The molecule has 0 amide bonds. The van der Waals surface area contributed by atoms with Crippen LogP contribution in [0.5, 0.6) is 0 Å². The molecule has 0 aromatic rings. The van der Waals surface area contributed by atoms with Gasteiger partial charge in [-0.05, 0) is 12.8 Å². The highest BCUT2D eigenvalue weighted by Crippen LogP contribution is 2.10. The van der Waals surface area contributed by atoms with Crippen LogP contribution < -0.4 is 4.13 Å². The first-order valence-corrected chi connectivity index (χ1v) is 8.94. The van der Waals surface area contributed by atoms with E-state index in [1.165, 1.54) is 0 Å². The Morgan fingerprint density at radius 2 is 1.71 bits per heavy atom. The minimum absolute atomic E-state index is 0.609. The van der Waals surface area contributed by atoms with Gasteiger partial charge in [-0.3, -0.25) is 0 Å². The van der Waals surface area contributed by atoms with Crippen molar-refractivity contribution < 1.29 is 8.42 Å². The summed E-state index contributed by atoms with van der Waals surface area (Å²) >= 11 is 6.24. The standard InChI is InChI=1S/C10H22N2O2S3/c1-4-6-8-12(9-7-5-2)10(15)16-11-17(3,13)14/h11H,4-9H2,1-3H3. The summed E-state index contributed by atoms with van der Waals surface area (Å²) in [6, 6.07) is 0. The van der Waals surface area contributed by atoms with Crippen molar-refractivity contribution in [3.8, 4) is 0 Å². The van der Waals surface area contributed by atoms with Crippen molar-refractivity contribution in [2.75, 3.05) is 19.3 Å². The number of rotatable bonds is 8. The number of hydrogen-bond acceptors (Lipinski definition) is 4. The lowest BCUT2D eigenvalue weighted by molar-refractivity contribution is 0.410. The fourth-order valence-electron chi connectivity index (χ4n) is 1.17. The molecular formula is C10H22N2O2S3. The molecule has 0 aromatic carbocycles. The summed E-state index contributed by atoms with van der Waals surface area (Å²) in [5.41, 5.74) is 0. The highest BCUT2D eigenvalue weighted by atomic mass is 32.3. The van der Waals surface area contributed by atoms with Crippen LogP contribution in [0.3, 0.4) is 0 Å². The molecular weight excluding hydrogens is 276 g/mol. The first-order chi connectivity index (χ1) is 7.90. The molecule has 0 aliphatic heterocycles. The molecule has 0 spiro atoms. The van der Waals surface area contributed by atoms with E-state index in [0.29, 0.717) is 4.32 Å². The van der Waals surface area contributed by atoms with Crippen LogP contribution >= 0.6 is 24.2 Å². The van der Waals surface area contributed by atoms with E-state index < -0.39 is 10.0 Å². The van der Waals surface area contributed by atoms with Crippen LogP contribution in [0.1, 0.15) is 39.5 Å². The van der Waals surface area contributed by atoms with Gasteiger partial charge >= 0.3 is 0 Å². The monoisotopic (exact) mass is 298 g/mol. The molecule has 0 aliphatic carbocycles. The first kappa shape index (κ1) is 17.2. The zero-order chi connectivity index (χ0) is 13.3. The number of sulfonamides is 1. The molecule has 0 saturated heterocycles. The van der Waals surface area contributed by atoms with Gasteiger partial charge in [0.1, 0.15) is 0 Å². The normalized spacial score (nSPS) is 11.5. The molecule has 0 heterocycles. The molecule has 1 N–H and O–H groups in total. The maximum Gasteiger partial charge on any atom is 0.218 e. The highest BCUT2D eigenvalue weighted by Gasteiger charge is 2.11. The Bertz CT molecular complexity index is 310. The summed E-state index contributed by atoms with van der Waals surface area (Å²) < 4.78 is 24.9. The van der Waals surface area contributed by atoms with Crippen LogP contribution in [0.15, 0.2) is 0 Å². The topological polar surface area (TPSA) is 49.4 Å². The van der Waals surface area contributed by atoms with Crippen LogP contribution in [0.4, 0.5) is 0 Å². The van der Waals surface area contributed by atoms with Gasteiger partial charge in [0.05, 0.1) is 6.26 Å². The lowest BCUT2D eigenvalue weighted by atomic mass is 10.3. The molecule has 0 atom stereocenters. The van der Waals surface area contributed by atoms with Gasteiger partial charge < -0.3 is 4.90 Å². The Hall–Kier alpha value is 0.150. The summed E-state index contributed by atoms with van der Waals surface area (Å²) in [5.74, 6) is 0. The molecule has 17 heavy (non-hydrogen) atoms. The van der Waals surface area contributed by atoms with Gasteiger partial charge in [-0.25, -0.2) is 8.42 Å². The number of hydrogen-bond donors (Lipinski definition) is 1. The van der Waals surface area contributed by atoms with E-state index in [1.807, 2.05) is 0 Å². The maximum absolute atomic E-state index is 11.0. The Morgan fingerprint density at radius 3 is 2.06 bits per heavy atom. The van der Waals surface area contributed by atoms with Crippen molar-refractivity contribution in [1.29, 1.82) is 0 Å². The third-order valence-corrected chi connectivity index (χ3v) is 4.59. The van der Waals surface area contributed by atoms with Crippen molar-refractivity contribution in [1.82, 2.24) is 9.03 Å². The van der Waals surface area contributed by atoms with E-state index in [-0.39, 0.29) is 0 Å². The number of thiocarbonyl (C=S) groups is 1. The van der Waals surface area contributed by atoms with Crippen LogP contribution in [0.2, 0.25) is 0 Å². The van der Waals surface area contributed by atoms with Crippen LogP contribution in [-0.2, 0) is 10.0 Å². The van der Waals surface area contributed by atoms with Gasteiger partial charge in [0.25, 0.3) is 0 Å². The fraction of sp³-hybridized carbons (Fsp3) is 0.900. The second-order valence-corrected chi connectivity index (χ2v) is 7.36. The summed E-state index contributed by atoms with van der Waals surface area (Å²) in [6.07, 6.45) is 5.49. The zero-order valence-electron chi connectivity index (χ0n) is 10.7. The van der Waals surface area contributed by atoms with Crippen molar-refractivity contribution in [2.24, 2.45) is 0 Å². The highest BCUT2D eigenvalue weighted by molar-refractivity contribution is 8.25. The third kappa shape index (κ3) is 9.82. The van der Waals surface area contributed by atoms with E-state index in [9.17, 15) is 8.42 Å². The molecule has 102 valence electrons. The Balaban J connectivity index is 4.20. The smallest absolute Gasteiger partial charge is 0.218 e. The zero-order valence-corrected chi connectivity index (χ0v) is 13.2. The van der Waals surface area contributed by atoms with Crippen molar-refractivity contribution in [3.63, 3.8) is 0 Å². The molecule has 0 rings (SSSR count). The minimum Gasteiger partial charge on any atom is -0.356 e. The molecule has 0 fully saturated rings. The third-order valence-electron chi connectivity index (χ3n) is 2.10.